The highest BCUT2D eigenvalue weighted by atomic mass is 16.5. The molecule has 36 heavy (non-hydrogen) atoms. The molecule has 1 saturated heterocycles. The van der Waals surface area contributed by atoms with Crippen molar-refractivity contribution in [2.24, 2.45) is 5.92 Å². The molecule has 2 aromatic rings. The van der Waals surface area contributed by atoms with E-state index < -0.39 is 6.04 Å². The lowest BCUT2D eigenvalue weighted by atomic mass is 9.98. The van der Waals surface area contributed by atoms with Crippen molar-refractivity contribution in [2.45, 2.75) is 78.4 Å². The van der Waals surface area contributed by atoms with Gasteiger partial charge < -0.3 is 15.0 Å². The zero-order chi connectivity index (χ0) is 25.9. The normalized spacial score (nSPS) is 15.5. The minimum atomic E-state index is -0.436. The topological polar surface area (TPSA) is 61.9 Å². The van der Waals surface area contributed by atoms with E-state index in [0.29, 0.717) is 12.3 Å². The highest BCUT2D eigenvalue weighted by Crippen LogP contribution is 2.24. The van der Waals surface area contributed by atoms with Crippen LogP contribution in [0.15, 0.2) is 54.6 Å². The number of nitrogens with zero attached hydrogens (tertiary/aromatic N) is 2. The number of nitrogens with one attached hydrogen (secondary N) is 1. The average molecular weight is 494 g/mol. The van der Waals surface area contributed by atoms with Crippen molar-refractivity contribution in [3.63, 3.8) is 0 Å². The number of likely N-dealkylation sites (tertiary alicyclic amines) is 1. The highest BCUT2D eigenvalue weighted by molar-refractivity contribution is 5.87. The minimum absolute atomic E-state index is 0.0832. The van der Waals surface area contributed by atoms with Gasteiger partial charge in [-0.25, -0.2) is 0 Å². The molecule has 196 valence electrons. The number of benzene rings is 2. The Hall–Kier alpha value is -2.86. The van der Waals surface area contributed by atoms with E-state index in [-0.39, 0.29) is 17.9 Å². The van der Waals surface area contributed by atoms with E-state index in [9.17, 15) is 9.59 Å². The van der Waals surface area contributed by atoms with E-state index >= 15 is 0 Å². The van der Waals surface area contributed by atoms with Crippen molar-refractivity contribution in [3.8, 4) is 11.5 Å². The Morgan fingerprint density at radius 3 is 2.25 bits per heavy atom. The van der Waals surface area contributed by atoms with Crippen LogP contribution in [0.3, 0.4) is 0 Å². The fourth-order valence-electron chi connectivity index (χ4n) is 4.87. The predicted octanol–water partition coefficient (Wildman–Crippen LogP) is 5.62. The molecule has 0 spiro atoms. The number of carbonyl (C=O) groups is 2. The van der Waals surface area contributed by atoms with E-state index in [1.807, 2.05) is 42.5 Å². The average Bonchev–Trinajstić information content (AvgIpc) is 2.86. The van der Waals surface area contributed by atoms with Gasteiger partial charge in [0, 0.05) is 39.1 Å². The first-order valence-corrected chi connectivity index (χ1v) is 13.5. The molecule has 3 rings (SSSR count). The van der Waals surface area contributed by atoms with E-state index in [0.717, 1.165) is 63.4 Å². The fourth-order valence-corrected chi connectivity index (χ4v) is 4.87. The first-order valence-electron chi connectivity index (χ1n) is 13.5. The molecule has 6 nitrogen and oxygen atoms in total. The number of para-hydroxylation sites is 1. The van der Waals surface area contributed by atoms with Crippen LogP contribution in [0.4, 0.5) is 0 Å². The largest absolute Gasteiger partial charge is 0.457 e. The molecular formula is C30H43N3O3. The van der Waals surface area contributed by atoms with Crippen molar-refractivity contribution in [3.05, 3.63) is 60.2 Å². The van der Waals surface area contributed by atoms with Crippen LogP contribution in [-0.2, 0) is 16.1 Å². The van der Waals surface area contributed by atoms with Gasteiger partial charge in [-0.15, -0.1) is 0 Å². The van der Waals surface area contributed by atoms with Crippen molar-refractivity contribution < 1.29 is 14.3 Å². The smallest absolute Gasteiger partial charge is 0.245 e. The fraction of sp³-hybridized carbons (Fsp3) is 0.533. The van der Waals surface area contributed by atoms with Crippen molar-refractivity contribution in [2.75, 3.05) is 19.6 Å². The van der Waals surface area contributed by atoms with Gasteiger partial charge in [-0.1, -0.05) is 57.5 Å². The van der Waals surface area contributed by atoms with Crippen LogP contribution in [0.2, 0.25) is 0 Å². The van der Waals surface area contributed by atoms with E-state index in [2.05, 4.69) is 48.0 Å². The second-order valence-electron chi connectivity index (χ2n) is 10.3. The Balaban J connectivity index is 1.56. The van der Waals surface area contributed by atoms with Crippen LogP contribution in [0.5, 0.6) is 11.5 Å². The lowest BCUT2D eigenvalue weighted by Gasteiger charge is -2.40. The van der Waals surface area contributed by atoms with Gasteiger partial charge in [0.25, 0.3) is 0 Å². The number of amides is 2. The SMILES string of the molecule is CCCCN(C(=O)[C@H](CC(C)C)NC(C)=O)C1CCN(Cc2ccc(Oc3ccccc3)cc2)CC1. The molecule has 2 amide bonds. The quantitative estimate of drug-likeness (QED) is 0.417. The summed E-state index contributed by atoms with van der Waals surface area (Å²) < 4.78 is 5.91. The molecule has 1 N–H and O–H groups in total. The molecule has 0 unspecified atom stereocenters. The Kier molecular flexibility index (Phi) is 10.8. The summed E-state index contributed by atoms with van der Waals surface area (Å²) in [6.45, 7) is 11.4. The maximum atomic E-state index is 13.5. The second kappa shape index (κ2) is 14.0. The zero-order valence-electron chi connectivity index (χ0n) is 22.4. The number of carbonyl (C=O) groups excluding carboxylic acids is 2. The van der Waals surface area contributed by atoms with Crippen LogP contribution in [0.25, 0.3) is 0 Å². The third-order valence-corrected chi connectivity index (χ3v) is 6.72. The molecule has 0 aromatic heterocycles. The van der Waals surface area contributed by atoms with Gasteiger partial charge in [0.2, 0.25) is 11.8 Å². The second-order valence-corrected chi connectivity index (χ2v) is 10.3. The monoisotopic (exact) mass is 493 g/mol. The van der Waals surface area contributed by atoms with Crippen molar-refractivity contribution in [1.82, 2.24) is 15.1 Å². The summed E-state index contributed by atoms with van der Waals surface area (Å²) in [6.07, 6.45) is 4.61. The number of unbranched alkanes of at least 4 members (excludes halogenated alkanes) is 1. The van der Waals surface area contributed by atoms with Crippen LogP contribution < -0.4 is 10.1 Å². The number of piperidine rings is 1. The summed E-state index contributed by atoms with van der Waals surface area (Å²) >= 11 is 0. The lowest BCUT2D eigenvalue weighted by molar-refractivity contribution is -0.139. The summed E-state index contributed by atoms with van der Waals surface area (Å²) in [5, 5.41) is 2.92. The van der Waals surface area contributed by atoms with Gasteiger partial charge in [-0.05, 0) is 61.4 Å². The third kappa shape index (κ3) is 8.66. The number of ether oxygens (including phenoxy) is 1. The number of hydrogen-bond acceptors (Lipinski definition) is 4. The standard InChI is InChI=1S/C30H43N3O3/c1-5-6-18-33(30(35)29(21-23(2)3)31-24(4)34)26-16-19-32(20-17-26)22-25-12-14-28(15-13-25)36-27-10-8-7-9-11-27/h7-15,23,26,29H,5-6,16-22H2,1-4H3,(H,31,34)/t29-/m0/s1. The van der Waals surface area contributed by atoms with Gasteiger partial charge >= 0.3 is 0 Å². The van der Waals surface area contributed by atoms with E-state index in [1.54, 1.807) is 0 Å². The van der Waals surface area contributed by atoms with Crippen LogP contribution in [-0.4, -0.2) is 53.3 Å². The molecule has 1 fully saturated rings. The molecule has 1 aliphatic heterocycles. The molecule has 2 aromatic carbocycles. The van der Waals surface area contributed by atoms with Crippen LogP contribution in [0.1, 0.15) is 65.4 Å². The summed E-state index contributed by atoms with van der Waals surface area (Å²) in [5.74, 6) is 1.96. The molecule has 1 heterocycles. The summed E-state index contributed by atoms with van der Waals surface area (Å²) in [6, 6.07) is 17.9. The molecule has 0 radical (unpaired) electrons. The summed E-state index contributed by atoms with van der Waals surface area (Å²) in [4.78, 5) is 29.9. The third-order valence-electron chi connectivity index (χ3n) is 6.72. The Morgan fingerprint density at radius 2 is 1.67 bits per heavy atom. The molecule has 6 heteroatoms. The molecular weight excluding hydrogens is 450 g/mol. The molecule has 1 aliphatic rings. The minimum Gasteiger partial charge on any atom is -0.457 e. The predicted molar refractivity (Wildman–Crippen MR) is 145 cm³/mol. The van der Waals surface area contributed by atoms with Gasteiger partial charge in [0.15, 0.2) is 0 Å². The first kappa shape index (κ1) is 27.7. The maximum Gasteiger partial charge on any atom is 0.245 e. The van der Waals surface area contributed by atoms with Crippen LogP contribution in [0, 0.1) is 5.92 Å². The zero-order valence-corrected chi connectivity index (χ0v) is 22.4. The van der Waals surface area contributed by atoms with Gasteiger partial charge in [-0.2, -0.15) is 0 Å². The Bertz CT molecular complexity index is 938. The highest BCUT2D eigenvalue weighted by Gasteiger charge is 2.32. The number of rotatable bonds is 12. The van der Waals surface area contributed by atoms with Gasteiger partial charge in [0.1, 0.15) is 17.5 Å². The number of hydrogen-bond donors (Lipinski definition) is 1. The van der Waals surface area contributed by atoms with E-state index in [4.69, 9.17) is 4.74 Å². The van der Waals surface area contributed by atoms with Gasteiger partial charge in [0.05, 0.1) is 0 Å². The van der Waals surface area contributed by atoms with Crippen molar-refractivity contribution >= 4 is 11.8 Å². The Morgan fingerprint density at radius 1 is 1.03 bits per heavy atom. The molecule has 0 aliphatic carbocycles. The van der Waals surface area contributed by atoms with E-state index in [1.165, 1.54) is 12.5 Å². The summed E-state index contributed by atoms with van der Waals surface area (Å²) in [5.41, 5.74) is 1.26. The molecule has 1 atom stereocenters. The van der Waals surface area contributed by atoms with Crippen LogP contribution >= 0.6 is 0 Å². The first-order chi connectivity index (χ1) is 17.4. The molecule has 0 bridgehead atoms. The van der Waals surface area contributed by atoms with Gasteiger partial charge in [-0.3, -0.25) is 14.5 Å². The summed E-state index contributed by atoms with van der Waals surface area (Å²) in [7, 11) is 0. The van der Waals surface area contributed by atoms with Crippen molar-refractivity contribution in [1.29, 1.82) is 0 Å². The maximum absolute atomic E-state index is 13.5. The Labute approximate surface area is 217 Å². The lowest BCUT2D eigenvalue weighted by Crippen LogP contribution is -2.54. The molecule has 0 saturated carbocycles.